The van der Waals surface area contributed by atoms with Crippen LogP contribution in [0.15, 0.2) is 17.0 Å². The topological polar surface area (TPSA) is 66.6 Å². The van der Waals surface area contributed by atoms with Gasteiger partial charge in [-0.25, -0.2) is 12.8 Å². The molecule has 0 unspecified atom stereocenters. The molecule has 0 radical (unpaired) electrons. The molecule has 21 heavy (non-hydrogen) atoms. The molecule has 0 aromatic heterocycles. The number of sulfonamides is 1. The van der Waals surface area contributed by atoms with Gasteiger partial charge >= 0.3 is 0 Å². The number of anilines is 1. The van der Waals surface area contributed by atoms with Crippen molar-refractivity contribution < 1.29 is 12.8 Å². The summed E-state index contributed by atoms with van der Waals surface area (Å²) in [5.41, 5.74) is 5.20. The van der Waals surface area contributed by atoms with Crippen molar-refractivity contribution in [1.82, 2.24) is 9.21 Å². The van der Waals surface area contributed by atoms with Crippen LogP contribution in [0, 0.1) is 5.82 Å². The average molecular weight is 336 g/mol. The number of benzene rings is 1. The van der Waals surface area contributed by atoms with Crippen molar-refractivity contribution in [3.8, 4) is 0 Å². The van der Waals surface area contributed by atoms with Gasteiger partial charge in [0.05, 0.1) is 5.69 Å². The third kappa shape index (κ3) is 3.48. The highest BCUT2D eigenvalue weighted by Crippen LogP contribution is 2.28. The van der Waals surface area contributed by atoms with E-state index in [1.165, 1.54) is 10.4 Å². The molecule has 118 valence electrons. The summed E-state index contributed by atoms with van der Waals surface area (Å²) in [7, 11) is -3.91. The van der Waals surface area contributed by atoms with E-state index in [1.54, 1.807) is 0 Å². The predicted molar refractivity (Wildman–Crippen MR) is 81.3 cm³/mol. The second-order valence-corrected chi connectivity index (χ2v) is 7.40. The van der Waals surface area contributed by atoms with Crippen LogP contribution in [0.4, 0.5) is 10.1 Å². The van der Waals surface area contributed by atoms with Crippen LogP contribution in [0.2, 0.25) is 5.02 Å². The van der Waals surface area contributed by atoms with Gasteiger partial charge in [-0.3, -0.25) is 0 Å². The zero-order valence-electron chi connectivity index (χ0n) is 11.8. The Morgan fingerprint density at radius 2 is 1.90 bits per heavy atom. The minimum Gasteiger partial charge on any atom is -0.396 e. The summed E-state index contributed by atoms with van der Waals surface area (Å²) in [5.74, 6) is -0.935. The molecule has 0 amide bonds. The molecule has 8 heteroatoms. The summed E-state index contributed by atoms with van der Waals surface area (Å²) in [4.78, 5) is 1.74. The number of rotatable bonds is 4. The van der Waals surface area contributed by atoms with Gasteiger partial charge in [-0.1, -0.05) is 18.5 Å². The Labute approximate surface area is 129 Å². The highest BCUT2D eigenvalue weighted by molar-refractivity contribution is 7.89. The molecule has 0 atom stereocenters. The number of nitrogens with zero attached hydrogens (tertiary/aromatic N) is 2. The molecule has 0 spiro atoms. The van der Waals surface area contributed by atoms with Crippen LogP contribution in [0.3, 0.4) is 0 Å². The third-order valence-corrected chi connectivity index (χ3v) is 5.64. The Morgan fingerprint density at radius 3 is 2.48 bits per heavy atom. The van der Waals surface area contributed by atoms with Crippen molar-refractivity contribution in [2.45, 2.75) is 18.2 Å². The zero-order chi connectivity index (χ0) is 15.6. The molecule has 1 aromatic rings. The van der Waals surface area contributed by atoms with Crippen molar-refractivity contribution in [2.75, 3.05) is 38.5 Å². The SMILES string of the molecule is CCCN1CCN(S(=O)(=O)c2cc(Cl)cc(N)c2F)CC1. The Hall–Kier alpha value is -0.890. The smallest absolute Gasteiger partial charge is 0.246 e. The molecular formula is C13H19ClFN3O2S. The standard InChI is InChI=1S/C13H19ClFN3O2S/c1-2-3-17-4-6-18(7-5-17)21(19,20)12-9-10(14)8-11(16)13(12)15/h8-9H,2-7,16H2,1H3. The second kappa shape index (κ2) is 6.48. The van der Waals surface area contributed by atoms with Crippen LogP contribution >= 0.6 is 11.6 Å². The maximum Gasteiger partial charge on any atom is 0.246 e. The molecular weight excluding hydrogens is 317 g/mol. The molecule has 5 nitrogen and oxygen atoms in total. The first-order valence-electron chi connectivity index (χ1n) is 6.83. The van der Waals surface area contributed by atoms with E-state index in [9.17, 15) is 12.8 Å². The molecule has 2 N–H and O–H groups in total. The Morgan fingerprint density at radius 1 is 1.29 bits per heavy atom. The fourth-order valence-corrected chi connectivity index (χ4v) is 4.25. The molecule has 0 bridgehead atoms. The number of hydrogen-bond acceptors (Lipinski definition) is 4. The quantitative estimate of drug-likeness (QED) is 0.852. The predicted octanol–water partition coefficient (Wildman–Crippen LogP) is 1.78. The lowest BCUT2D eigenvalue weighted by Crippen LogP contribution is -2.48. The molecule has 2 rings (SSSR count). The number of halogens is 2. The lowest BCUT2D eigenvalue weighted by atomic mass is 10.3. The summed E-state index contributed by atoms with van der Waals surface area (Å²) >= 11 is 5.79. The number of nitrogen functional groups attached to an aromatic ring is 1. The molecule has 1 aliphatic rings. The van der Waals surface area contributed by atoms with Crippen LogP contribution in [0.5, 0.6) is 0 Å². The molecule has 0 aliphatic carbocycles. The van der Waals surface area contributed by atoms with Crippen LogP contribution in [0.1, 0.15) is 13.3 Å². The minimum atomic E-state index is -3.91. The molecule has 1 saturated heterocycles. The van der Waals surface area contributed by atoms with Gasteiger partial charge in [0.2, 0.25) is 10.0 Å². The largest absolute Gasteiger partial charge is 0.396 e. The van der Waals surface area contributed by atoms with Gasteiger partial charge in [-0.05, 0) is 25.1 Å². The van der Waals surface area contributed by atoms with Crippen LogP contribution in [-0.4, -0.2) is 50.3 Å². The van der Waals surface area contributed by atoms with E-state index in [-0.39, 0.29) is 10.7 Å². The third-order valence-electron chi connectivity index (χ3n) is 3.52. The summed E-state index contributed by atoms with van der Waals surface area (Å²) in [6.45, 7) is 4.98. The van der Waals surface area contributed by atoms with Gasteiger partial charge in [-0.15, -0.1) is 0 Å². The van der Waals surface area contributed by atoms with Gasteiger partial charge in [0.15, 0.2) is 5.82 Å². The van der Waals surface area contributed by atoms with Crippen molar-refractivity contribution in [2.24, 2.45) is 0 Å². The Kier molecular flexibility index (Phi) is 5.08. The zero-order valence-corrected chi connectivity index (χ0v) is 13.4. The molecule has 1 aromatic carbocycles. The monoisotopic (exact) mass is 335 g/mol. The molecule has 1 fully saturated rings. The van der Waals surface area contributed by atoms with E-state index in [0.29, 0.717) is 26.2 Å². The normalized spacial score (nSPS) is 18.0. The van der Waals surface area contributed by atoms with E-state index >= 15 is 0 Å². The summed E-state index contributed by atoms with van der Waals surface area (Å²) in [6, 6.07) is 2.32. The lowest BCUT2D eigenvalue weighted by molar-refractivity contribution is 0.188. The van der Waals surface area contributed by atoms with E-state index in [4.69, 9.17) is 17.3 Å². The highest BCUT2D eigenvalue weighted by Gasteiger charge is 2.31. The van der Waals surface area contributed by atoms with Crippen LogP contribution < -0.4 is 5.73 Å². The average Bonchev–Trinajstić information content (AvgIpc) is 2.43. The molecule has 1 aliphatic heterocycles. The van der Waals surface area contributed by atoms with Crippen molar-refractivity contribution in [3.05, 3.63) is 23.0 Å². The number of nitrogens with two attached hydrogens (primary N) is 1. The number of piperazine rings is 1. The lowest BCUT2D eigenvalue weighted by Gasteiger charge is -2.33. The molecule has 0 saturated carbocycles. The summed E-state index contributed by atoms with van der Waals surface area (Å²) in [6.07, 6.45) is 1.02. The summed E-state index contributed by atoms with van der Waals surface area (Å²) in [5, 5.41) is 0.108. The van der Waals surface area contributed by atoms with Gasteiger partial charge < -0.3 is 10.6 Å². The maximum absolute atomic E-state index is 14.0. The Bertz CT molecular complexity index is 616. The number of hydrogen-bond donors (Lipinski definition) is 1. The van der Waals surface area contributed by atoms with E-state index in [0.717, 1.165) is 19.0 Å². The minimum absolute atomic E-state index is 0.108. The first kappa shape index (κ1) is 16.5. The van der Waals surface area contributed by atoms with Gasteiger partial charge in [0, 0.05) is 31.2 Å². The Balaban J connectivity index is 2.24. The van der Waals surface area contributed by atoms with E-state index in [2.05, 4.69) is 11.8 Å². The maximum atomic E-state index is 14.0. The fourth-order valence-electron chi connectivity index (χ4n) is 2.42. The highest BCUT2D eigenvalue weighted by atomic mass is 35.5. The van der Waals surface area contributed by atoms with Crippen molar-refractivity contribution >= 4 is 27.3 Å². The van der Waals surface area contributed by atoms with Crippen LogP contribution in [0.25, 0.3) is 0 Å². The van der Waals surface area contributed by atoms with Crippen molar-refractivity contribution in [1.29, 1.82) is 0 Å². The fraction of sp³-hybridized carbons (Fsp3) is 0.538. The first-order valence-corrected chi connectivity index (χ1v) is 8.65. The first-order chi connectivity index (χ1) is 9.86. The van der Waals surface area contributed by atoms with Crippen molar-refractivity contribution in [3.63, 3.8) is 0 Å². The van der Waals surface area contributed by atoms with Gasteiger partial charge in [-0.2, -0.15) is 4.31 Å². The molecule has 1 heterocycles. The van der Waals surface area contributed by atoms with E-state index < -0.39 is 20.7 Å². The van der Waals surface area contributed by atoms with Crippen LogP contribution in [-0.2, 0) is 10.0 Å². The summed E-state index contributed by atoms with van der Waals surface area (Å²) < 4.78 is 40.4. The second-order valence-electron chi connectivity index (χ2n) is 5.05. The van der Waals surface area contributed by atoms with Gasteiger partial charge in [0.1, 0.15) is 4.90 Å². The van der Waals surface area contributed by atoms with E-state index in [1.807, 2.05) is 0 Å². The van der Waals surface area contributed by atoms with Gasteiger partial charge in [0.25, 0.3) is 0 Å².